The fourth-order valence-corrected chi connectivity index (χ4v) is 5.18. The number of aromatic nitrogens is 4. The van der Waals surface area contributed by atoms with Gasteiger partial charge in [-0.3, -0.25) is 14.2 Å². The van der Waals surface area contributed by atoms with E-state index in [0.29, 0.717) is 23.8 Å². The molecule has 0 saturated carbocycles. The highest BCUT2D eigenvalue weighted by atomic mass is 32.2. The molecule has 0 bridgehead atoms. The van der Waals surface area contributed by atoms with Crippen LogP contribution in [0, 0.1) is 19.8 Å². The maximum atomic E-state index is 12.7. The fraction of sp³-hybridized carbons (Fsp3) is 0.600. The monoisotopic (exact) mass is 401 g/mol. The SMILES string of the molecule is Cc1nc2n(c(=O)c1C)C(CC(=O)N1CC(Cn3ccnc3C(C)C)C1)CS2. The Bertz CT molecular complexity index is 958. The van der Waals surface area contributed by atoms with Gasteiger partial charge in [-0.25, -0.2) is 9.97 Å². The molecule has 28 heavy (non-hydrogen) atoms. The molecule has 0 aliphatic carbocycles. The highest BCUT2D eigenvalue weighted by Crippen LogP contribution is 2.33. The van der Waals surface area contributed by atoms with Crippen molar-refractivity contribution in [2.24, 2.45) is 5.92 Å². The third-order valence-electron chi connectivity index (χ3n) is 5.76. The summed E-state index contributed by atoms with van der Waals surface area (Å²) in [6.07, 6.45) is 4.25. The van der Waals surface area contributed by atoms with Crippen LogP contribution in [0.5, 0.6) is 0 Å². The highest BCUT2D eigenvalue weighted by molar-refractivity contribution is 7.99. The summed E-state index contributed by atoms with van der Waals surface area (Å²) in [6.45, 7) is 10.4. The first-order valence-electron chi connectivity index (χ1n) is 9.86. The summed E-state index contributed by atoms with van der Waals surface area (Å²) in [7, 11) is 0. The number of likely N-dealkylation sites (tertiary alicyclic amines) is 1. The molecule has 2 aromatic heterocycles. The Morgan fingerprint density at radius 3 is 2.79 bits per heavy atom. The molecule has 0 aromatic carbocycles. The van der Waals surface area contributed by atoms with Gasteiger partial charge in [0, 0.05) is 67.3 Å². The second-order valence-electron chi connectivity index (χ2n) is 8.21. The number of hydrogen-bond donors (Lipinski definition) is 0. The molecule has 1 saturated heterocycles. The lowest BCUT2D eigenvalue weighted by Crippen LogP contribution is -2.52. The topological polar surface area (TPSA) is 73.0 Å². The molecule has 1 atom stereocenters. The molecule has 2 aromatic rings. The third-order valence-corrected chi connectivity index (χ3v) is 6.86. The number of fused-ring (bicyclic) bond motifs is 1. The first-order chi connectivity index (χ1) is 13.3. The van der Waals surface area contributed by atoms with Crippen molar-refractivity contribution in [2.45, 2.75) is 57.8 Å². The Hall–Kier alpha value is -2.09. The Labute approximate surface area is 169 Å². The van der Waals surface area contributed by atoms with Gasteiger partial charge in [0.1, 0.15) is 5.82 Å². The van der Waals surface area contributed by atoms with Crippen molar-refractivity contribution in [3.8, 4) is 0 Å². The lowest BCUT2D eigenvalue weighted by atomic mass is 9.98. The molecule has 7 nitrogen and oxygen atoms in total. The van der Waals surface area contributed by atoms with E-state index in [1.54, 1.807) is 23.3 Å². The number of imidazole rings is 1. The van der Waals surface area contributed by atoms with Gasteiger partial charge in [-0.1, -0.05) is 25.6 Å². The quantitative estimate of drug-likeness (QED) is 0.719. The summed E-state index contributed by atoms with van der Waals surface area (Å²) in [5, 5.41) is 0.744. The van der Waals surface area contributed by atoms with Crippen molar-refractivity contribution in [1.82, 2.24) is 24.0 Å². The molecular formula is C20H27N5O2S. The number of aryl methyl sites for hydroxylation is 1. The minimum absolute atomic E-state index is 0.00638. The van der Waals surface area contributed by atoms with Crippen LogP contribution in [0.4, 0.5) is 0 Å². The van der Waals surface area contributed by atoms with Gasteiger partial charge in [0.2, 0.25) is 5.91 Å². The minimum atomic E-state index is -0.0907. The molecule has 1 fully saturated rings. The molecule has 1 amide bonds. The third kappa shape index (κ3) is 3.38. The molecule has 150 valence electrons. The summed E-state index contributed by atoms with van der Waals surface area (Å²) < 4.78 is 3.93. The van der Waals surface area contributed by atoms with E-state index in [0.717, 1.165) is 42.1 Å². The first-order valence-corrected chi connectivity index (χ1v) is 10.8. The van der Waals surface area contributed by atoms with Crippen molar-refractivity contribution in [1.29, 1.82) is 0 Å². The Morgan fingerprint density at radius 2 is 2.07 bits per heavy atom. The van der Waals surface area contributed by atoms with Gasteiger partial charge < -0.3 is 9.47 Å². The van der Waals surface area contributed by atoms with Gasteiger partial charge in [-0.15, -0.1) is 0 Å². The smallest absolute Gasteiger partial charge is 0.257 e. The van der Waals surface area contributed by atoms with Crippen LogP contribution in [0.2, 0.25) is 0 Å². The lowest BCUT2D eigenvalue weighted by Gasteiger charge is -2.40. The van der Waals surface area contributed by atoms with Crippen molar-refractivity contribution in [3.05, 3.63) is 39.8 Å². The standard InChI is InChI=1S/C20H27N5O2S/c1-12(2)18-21-5-6-23(18)8-15-9-24(10-15)17(26)7-16-11-28-20-22-14(4)13(3)19(27)25(16)20/h5-6,12,15-16H,7-11H2,1-4H3. The van der Waals surface area contributed by atoms with Crippen LogP contribution >= 0.6 is 11.8 Å². The van der Waals surface area contributed by atoms with Crippen LogP contribution in [0.25, 0.3) is 0 Å². The number of nitrogens with zero attached hydrogens (tertiary/aromatic N) is 5. The fourth-order valence-electron chi connectivity index (χ4n) is 4.00. The van der Waals surface area contributed by atoms with Gasteiger partial charge >= 0.3 is 0 Å². The Balaban J connectivity index is 1.36. The van der Waals surface area contributed by atoms with Crippen molar-refractivity contribution in [2.75, 3.05) is 18.8 Å². The van der Waals surface area contributed by atoms with Crippen LogP contribution < -0.4 is 5.56 Å². The zero-order valence-corrected chi connectivity index (χ0v) is 17.7. The van der Waals surface area contributed by atoms with Gasteiger partial charge in [-0.2, -0.15) is 0 Å². The van der Waals surface area contributed by atoms with E-state index in [9.17, 15) is 9.59 Å². The van der Waals surface area contributed by atoms with Crippen LogP contribution in [0.3, 0.4) is 0 Å². The largest absolute Gasteiger partial charge is 0.342 e. The summed E-state index contributed by atoms with van der Waals surface area (Å²) in [5.41, 5.74) is 1.45. The molecular weight excluding hydrogens is 374 g/mol. The average Bonchev–Trinajstić information content (AvgIpc) is 3.22. The molecule has 8 heteroatoms. The number of amides is 1. The summed E-state index contributed by atoms with van der Waals surface area (Å²) in [5.74, 6) is 2.83. The zero-order chi connectivity index (χ0) is 20.0. The van der Waals surface area contributed by atoms with E-state index in [2.05, 4.69) is 28.4 Å². The molecule has 1 unspecified atom stereocenters. The second kappa shape index (κ2) is 7.39. The van der Waals surface area contributed by atoms with Gasteiger partial charge in [0.15, 0.2) is 5.16 Å². The van der Waals surface area contributed by atoms with Crippen LogP contribution in [0.15, 0.2) is 22.3 Å². The highest BCUT2D eigenvalue weighted by Gasteiger charge is 2.35. The van der Waals surface area contributed by atoms with E-state index in [1.165, 1.54) is 0 Å². The van der Waals surface area contributed by atoms with Crippen molar-refractivity contribution >= 4 is 17.7 Å². The average molecular weight is 402 g/mol. The van der Waals surface area contributed by atoms with Gasteiger partial charge in [0.25, 0.3) is 5.56 Å². The molecule has 0 N–H and O–H groups in total. The van der Waals surface area contributed by atoms with Crippen LogP contribution in [-0.2, 0) is 11.3 Å². The van der Waals surface area contributed by atoms with Crippen molar-refractivity contribution < 1.29 is 4.79 Å². The van der Waals surface area contributed by atoms with Gasteiger partial charge in [0.05, 0.1) is 6.04 Å². The lowest BCUT2D eigenvalue weighted by molar-refractivity contribution is -0.138. The Morgan fingerprint density at radius 1 is 1.32 bits per heavy atom. The van der Waals surface area contributed by atoms with E-state index >= 15 is 0 Å². The molecule has 4 heterocycles. The molecule has 4 rings (SSSR count). The van der Waals surface area contributed by atoms with Crippen LogP contribution in [-0.4, -0.2) is 48.8 Å². The molecule has 2 aliphatic rings. The number of rotatable bonds is 5. The predicted molar refractivity (Wildman–Crippen MR) is 109 cm³/mol. The van der Waals surface area contributed by atoms with E-state index < -0.39 is 0 Å². The Kier molecular flexibility index (Phi) is 5.07. The van der Waals surface area contributed by atoms with E-state index in [-0.39, 0.29) is 17.5 Å². The van der Waals surface area contributed by atoms with E-state index in [4.69, 9.17) is 0 Å². The summed E-state index contributed by atoms with van der Waals surface area (Å²) >= 11 is 1.57. The number of carbonyl (C=O) groups is 1. The van der Waals surface area contributed by atoms with E-state index in [1.807, 2.05) is 24.2 Å². The van der Waals surface area contributed by atoms with Crippen LogP contribution in [0.1, 0.15) is 49.3 Å². The number of hydrogen-bond acceptors (Lipinski definition) is 5. The summed E-state index contributed by atoms with van der Waals surface area (Å²) in [4.78, 5) is 36.2. The second-order valence-corrected chi connectivity index (χ2v) is 9.19. The molecule has 2 aliphatic heterocycles. The minimum Gasteiger partial charge on any atom is -0.342 e. The van der Waals surface area contributed by atoms with Gasteiger partial charge in [-0.05, 0) is 13.8 Å². The maximum absolute atomic E-state index is 12.7. The maximum Gasteiger partial charge on any atom is 0.257 e. The van der Waals surface area contributed by atoms with Crippen molar-refractivity contribution in [3.63, 3.8) is 0 Å². The number of thioether (sulfide) groups is 1. The summed E-state index contributed by atoms with van der Waals surface area (Å²) in [6, 6.07) is -0.0907. The first kappa shape index (κ1) is 19.2. The normalized spacial score (nSPS) is 19.2. The number of carbonyl (C=O) groups excluding carboxylic acids is 1. The predicted octanol–water partition coefficient (Wildman–Crippen LogP) is 2.38. The zero-order valence-electron chi connectivity index (χ0n) is 16.9. The molecule has 0 radical (unpaired) electrons. The molecule has 0 spiro atoms.